The molecule has 0 aromatic heterocycles. The molecule has 1 aliphatic heterocycles. The maximum absolute atomic E-state index is 5.61. The maximum atomic E-state index is 5.61. The highest BCUT2D eigenvalue weighted by Crippen LogP contribution is 2.13. The summed E-state index contributed by atoms with van der Waals surface area (Å²) < 4.78 is 11.1. The van der Waals surface area contributed by atoms with E-state index in [1.807, 2.05) is 0 Å². The zero-order chi connectivity index (χ0) is 19.3. The maximum Gasteiger partial charge on any atom is 0.158 e. The standard InChI is InChI=1S/C25H44O2/c1-2-3-4-5-6-7-8-9-10-11-12-13-14-15-16-17-18-20-23-26-25-22-19-21-24-27-25/h7-8,25H,2-6,9-17,19,21-24H2,1H3/b8-7+. The second-order valence-corrected chi connectivity index (χ2v) is 7.79. The predicted octanol–water partition coefficient (Wildman–Crippen LogP) is 7.57. The summed E-state index contributed by atoms with van der Waals surface area (Å²) in [6, 6.07) is 0. The smallest absolute Gasteiger partial charge is 0.158 e. The summed E-state index contributed by atoms with van der Waals surface area (Å²) in [5.41, 5.74) is 0. The summed E-state index contributed by atoms with van der Waals surface area (Å²) >= 11 is 0. The van der Waals surface area contributed by atoms with Crippen LogP contribution in [0.1, 0.15) is 116 Å². The van der Waals surface area contributed by atoms with Gasteiger partial charge in [-0.05, 0) is 51.4 Å². The van der Waals surface area contributed by atoms with Gasteiger partial charge in [0.05, 0.1) is 0 Å². The number of unbranched alkanes of at least 4 members (excludes halogenated alkanes) is 12. The molecule has 0 spiro atoms. The van der Waals surface area contributed by atoms with Gasteiger partial charge in [0.15, 0.2) is 6.29 Å². The summed E-state index contributed by atoms with van der Waals surface area (Å²) in [5, 5.41) is 0. The van der Waals surface area contributed by atoms with Crippen molar-refractivity contribution < 1.29 is 9.47 Å². The van der Waals surface area contributed by atoms with Crippen LogP contribution in [0.3, 0.4) is 0 Å². The molecule has 2 heteroatoms. The largest absolute Gasteiger partial charge is 0.353 e. The van der Waals surface area contributed by atoms with Crippen LogP contribution in [0.2, 0.25) is 0 Å². The Morgan fingerprint density at radius 3 is 2.15 bits per heavy atom. The second kappa shape index (κ2) is 20.0. The molecular weight excluding hydrogens is 332 g/mol. The van der Waals surface area contributed by atoms with Gasteiger partial charge in [0.2, 0.25) is 0 Å². The number of hydrogen-bond acceptors (Lipinski definition) is 2. The molecule has 2 nitrogen and oxygen atoms in total. The lowest BCUT2D eigenvalue weighted by Gasteiger charge is -2.21. The van der Waals surface area contributed by atoms with Crippen molar-refractivity contribution in [2.75, 3.05) is 13.2 Å². The first kappa shape index (κ1) is 24.3. The molecule has 0 aliphatic carbocycles. The lowest BCUT2D eigenvalue weighted by Crippen LogP contribution is -2.22. The lowest BCUT2D eigenvalue weighted by atomic mass is 10.1. The lowest BCUT2D eigenvalue weighted by molar-refractivity contribution is -0.154. The Bertz CT molecular complexity index is 385. The number of ether oxygens (including phenoxy) is 2. The first-order valence-corrected chi connectivity index (χ1v) is 11.8. The third-order valence-corrected chi connectivity index (χ3v) is 5.17. The van der Waals surface area contributed by atoms with Crippen LogP contribution in [-0.4, -0.2) is 19.5 Å². The van der Waals surface area contributed by atoms with Crippen molar-refractivity contribution in [1.82, 2.24) is 0 Å². The van der Waals surface area contributed by atoms with Crippen LogP contribution in [-0.2, 0) is 9.47 Å². The zero-order valence-electron chi connectivity index (χ0n) is 18.0. The molecule has 0 amide bonds. The van der Waals surface area contributed by atoms with E-state index in [2.05, 4.69) is 30.9 Å². The van der Waals surface area contributed by atoms with Gasteiger partial charge < -0.3 is 9.47 Å². The molecule has 156 valence electrons. The van der Waals surface area contributed by atoms with Crippen molar-refractivity contribution in [1.29, 1.82) is 0 Å². The van der Waals surface area contributed by atoms with E-state index in [0.717, 1.165) is 19.4 Å². The molecule has 1 aliphatic rings. The van der Waals surface area contributed by atoms with Gasteiger partial charge in [-0.2, -0.15) is 0 Å². The number of allylic oxidation sites excluding steroid dienone is 2. The molecule has 1 rings (SSSR count). The Morgan fingerprint density at radius 2 is 1.48 bits per heavy atom. The highest BCUT2D eigenvalue weighted by atomic mass is 16.7. The quantitative estimate of drug-likeness (QED) is 0.157. The van der Waals surface area contributed by atoms with Crippen LogP contribution in [0, 0.1) is 11.8 Å². The van der Waals surface area contributed by atoms with Crippen LogP contribution in [0.4, 0.5) is 0 Å². The molecule has 1 saturated heterocycles. The van der Waals surface area contributed by atoms with Crippen LogP contribution < -0.4 is 0 Å². The van der Waals surface area contributed by atoms with Gasteiger partial charge in [0.25, 0.3) is 0 Å². The molecular formula is C25H44O2. The first-order chi connectivity index (χ1) is 13.4. The minimum atomic E-state index is -0.00524. The molecule has 0 N–H and O–H groups in total. The molecule has 0 aromatic carbocycles. The van der Waals surface area contributed by atoms with Crippen LogP contribution >= 0.6 is 0 Å². The van der Waals surface area contributed by atoms with Crippen molar-refractivity contribution in [2.24, 2.45) is 0 Å². The highest BCUT2D eigenvalue weighted by Gasteiger charge is 2.12. The summed E-state index contributed by atoms with van der Waals surface area (Å²) in [7, 11) is 0. The average molecular weight is 377 g/mol. The minimum absolute atomic E-state index is 0.00524. The summed E-state index contributed by atoms with van der Waals surface area (Å²) in [4.78, 5) is 0. The van der Waals surface area contributed by atoms with Gasteiger partial charge in [-0.15, -0.1) is 5.92 Å². The van der Waals surface area contributed by atoms with Crippen LogP contribution in [0.5, 0.6) is 0 Å². The molecule has 27 heavy (non-hydrogen) atoms. The number of hydrogen-bond donors (Lipinski definition) is 0. The Labute approximate surface area is 169 Å². The van der Waals surface area contributed by atoms with Crippen LogP contribution in [0.25, 0.3) is 0 Å². The Hall–Kier alpha value is -0.780. The van der Waals surface area contributed by atoms with Crippen molar-refractivity contribution in [3.8, 4) is 11.8 Å². The van der Waals surface area contributed by atoms with E-state index in [0.29, 0.717) is 6.61 Å². The fraction of sp³-hybridized carbons (Fsp3) is 0.840. The SMILES string of the molecule is CCCCCC/C=C/CCCCCCCCCC#CCOC1CCCCO1. The van der Waals surface area contributed by atoms with E-state index in [9.17, 15) is 0 Å². The van der Waals surface area contributed by atoms with Gasteiger partial charge in [0.1, 0.15) is 6.61 Å². The normalized spacial score (nSPS) is 17.1. The Balaban J connectivity index is 1.74. The Morgan fingerprint density at radius 1 is 0.815 bits per heavy atom. The first-order valence-electron chi connectivity index (χ1n) is 11.8. The Kier molecular flexibility index (Phi) is 17.9. The fourth-order valence-electron chi connectivity index (χ4n) is 3.40. The monoisotopic (exact) mass is 376 g/mol. The minimum Gasteiger partial charge on any atom is -0.353 e. The van der Waals surface area contributed by atoms with Gasteiger partial charge in [-0.3, -0.25) is 0 Å². The molecule has 0 radical (unpaired) electrons. The second-order valence-electron chi connectivity index (χ2n) is 7.79. The van der Waals surface area contributed by atoms with Crippen molar-refractivity contribution in [2.45, 2.75) is 122 Å². The average Bonchev–Trinajstić information content (AvgIpc) is 2.70. The summed E-state index contributed by atoms with van der Waals surface area (Å²) in [6.07, 6.45) is 26.7. The molecule has 0 saturated carbocycles. The van der Waals surface area contributed by atoms with Gasteiger partial charge in [-0.1, -0.05) is 76.4 Å². The summed E-state index contributed by atoms with van der Waals surface area (Å²) in [5.74, 6) is 6.36. The topological polar surface area (TPSA) is 18.5 Å². The number of rotatable bonds is 16. The van der Waals surface area contributed by atoms with E-state index in [1.165, 1.54) is 96.3 Å². The van der Waals surface area contributed by atoms with Crippen LogP contribution in [0.15, 0.2) is 12.2 Å². The molecule has 0 bridgehead atoms. The molecule has 1 atom stereocenters. The third kappa shape index (κ3) is 17.1. The zero-order valence-corrected chi connectivity index (χ0v) is 18.0. The summed E-state index contributed by atoms with van der Waals surface area (Å²) in [6.45, 7) is 3.64. The van der Waals surface area contributed by atoms with E-state index < -0.39 is 0 Å². The van der Waals surface area contributed by atoms with E-state index >= 15 is 0 Å². The predicted molar refractivity (Wildman–Crippen MR) is 117 cm³/mol. The van der Waals surface area contributed by atoms with E-state index in [-0.39, 0.29) is 6.29 Å². The van der Waals surface area contributed by atoms with Crippen molar-refractivity contribution in [3.05, 3.63) is 12.2 Å². The fourth-order valence-corrected chi connectivity index (χ4v) is 3.40. The van der Waals surface area contributed by atoms with Gasteiger partial charge in [0, 0.05) is 13.0 Å². The molecule has 0 aromatic rings. The van der Waals surface area contributed by atoms with Gasteiger partial charge >= 0.3 is 0 Å². The highest BCUT2D eigenvalue weighted by molar-refractivity contribution is 4.98. The van der Waals surface area contributed by atoms with Crippen molar-refractivity contribution >= 4 is 0 Å². The van der Waals surface area contributed by atoms with E-state index in [4.69, 9.17) is 9.47 Å². The van der Waals surface area contributed by atoms with Crippen molar-refractivity contribution in [3.63, 3.8) is 0 Å². The molecule has 1 heterocycles. The molecule has 1 unspecified atom stereocenters. The molecule has 1 fully saturated rings. The van der Waals surface area contributed by atoms with E-state index in [1.54, 1.807) is 0 Å². The third-order valence-electron chi connectivity index (χ3n) is 5.17. The van der Waals surface area contributed by atoms with Gasteiger partial charge in [-0.25, -0.2) is 0 Å².